The zero-order chi connectivity index (χ0) is 13.4. The Morgan fingerprint density at radius 3 is 2.72 bits per heavy atom. The SMILES string of the molecule is O=C(CCCCCl)Nc1ccccc1OC(F)F. The highest BCUT2D eigenvalue weighted by Crippen LogP contribution is 2.25. The molecule has 0 atom stereocenters. The molecule has 0 fully saturated rings. The molecule has 0 aromatic heterocycles. The van der Waals surface area contributed by atoms with E-state index in [-0.39, 0.29) is 17.3 Å². The van der Waals surface area contributed by atoms with Crippen LogP contribution < -0.4 is 10.1 Å². The van der Waals surface area contributed by atoms with E-state index in [1.807, 2.05) is 0 Å². The summed E-state index contributed by atoms with van der Waals surface area (Å²) in [5.74, 6) is 0.210. The van der Waals surface area contributed by atoms with Crippen molar-refractivity contribution in [3.05, 3.63) is 24.3 Å². The normalized spacial score (nSPS) is 10.4. The molecule has 0 aliphatic rings. The molecule has 18 heavy (non-hydrogen) atoms. The van der Waals surface area contributed by atoms with Crippen LogP contribution in [0.4, 0.5) is 14.5 Å². The topological polar surface area (TPSA) is 38.3 Å². The summed E-state index contributed by atoms with van der Waals surface area (Å²) in [6.45, 7) is -2.92. The van der Waals surface area contributed by atoms with Crippen LogP contribution >= 0.6 is 11.6 Å². The van der Waals surface area contributed by atoms with E-state index in [1.165, 1.54) is 12.1 Å². The summed E-state index contributed by atoms with van der Waals surface area (Å²) in [4.78, 5) is 11.5. The lowest BCUT2D eigenvalue weighted by atomic mass is 10.2. The Morgan fingerprint density at radius 1 is 1.33 bits per heavy atom. The Kier molecular flexibility index (Phi) is 6.43. The van der Waals surface area contributed by atoms with Crippen LogP contribution in [0.25, 0.3) is 0 Å². The highest BCUT2D eigenvalue weighted by Gasteiger charge is 2.11. The van der Waals surface area contributed by atoms with Gasteiger partial charge in [0, 0.05) is 12.3 Å². The van der Waals surface area contributed by atoms with Gasteiger partial charge in [-0.1, -0.05) is 12.1 Å². The van der Waals surface area contributed by atoms with Gasteiger partial charge in [0.25, 0.3) is 0 Å². The monoisotopic (exact) mass is 277 g/mol. The van der Waals surface area contributed by atoms with Gasteiger partial charge in [-0.15, -0.1) is 11.6 Å². The number of unbranched alkanes of at least 4 members (excludes halogenated alkanes) is 1. The Balaban J connectivity index is 2.57. The second-order valence-electron chi connectivity index (χ2n) is 3.57. The fraction of sp³-hybridized carbons (Fsp3) is 0.417. The van der Waals surface area contributed by atoms with Crippen LogP contribution in [0.2, 0.25) is 0 Å². The number of anilines is 1. The van der Waals surface area contributed by atoms with Gasteiger partial charge in [-0.05, 0) is 25.0 Å². The van der Waals surface area contributed by atoms with Gasteiger partial charge in [0.2, 0.25) is 5.91 Å². The van der Waals surface area contributed by atoms with E-state index in [9.17, 15) is 13.6 Å². The predicted molar refractivity (Wildman–Crippen MR) is 66.3 cm³/mol. The second kappa shape index (κ2) is 7.87. The molecule has 0 unspecified atom stereocenters. The number of amides is 1. The van der Waals surface area contributed by atoms with Crippen molar-refractivity contribution in [1.82, 2.24) is 0 Å². The standard InChI is InChI=1S/C12H14ClF2NO2/c13-8-4-3-7-11(17)16-9-5-1-2-6-10(9)18-12(14)15/h1-2,5-6,12H,3-4,7-8H2,(H,16,17). The Labute approximate surface area is 109 Å². The summed E-state index contributed by atoms with van der Waals surface area (Å²) in [6.07, 6.45) is 1.70. The van der Waals surface area contributed by atoms with Crippen LogP contribution in [0.5, 0.6) is 5.75 Å². The number of halogens is 3. The molecule has 1 aromatic carbocycles. The van der Waals surface area contributed by atoms with E-state index in [0.717, 1.165) is 6.42 Å². The molecule has 0 radical (unpaired) electrons. The lowest BCUT2D eigenvalue weighted by molar-refractivity contribution is -0.116. The average molecular weight is 278 g/mol. The number of nitrogens with one attached hydrogen (secondary N) is 1. The van der Waals surface area contributed by atoms with Crippen LogP contribution in [-0.4, -0.2) is 18.4 Å². The number of hydrogen-bond acceptors (Lipinski definition) is 2. The van der Waals surface area contributed by atoms with Crippen molar-refractivity contribution in [2.24, 2.45) is 0 Å². The summed E-state index contributed by atoms with van der Waals surface area (Å²) >= 11 is 5.49. The van der Waals surface area contributed by atoms with E-state index in [4.69, 9.17) is 11.6 Å². The molecule has 0 aliphatic carbocycles. The molecule has 3 nitrogen and oxygen atoms in total. The summed E-state index contributed by atoms with van der Waals surface area (Å²) in [7, 11) is 0. The van der Waals surface area contributed by atoms with Crippen molar-refractivity contribution < 1.29 is 18.3 Å². The third-order valence-electron chi connectivity index (χ3n) is 2.16. The minimum Gasteiger partial charge on any atom is -0.433 e. The van der Waals surface area contributed by atoms with Crippen LogP contribution in [0, 0.1) is 0 Å². The van der Waals surface area contributed by atoms with Gasteiger partial charge in [-0.25, -0.2) is 0 Å². The summed E-state index contributed by atoms with van der Waals surface area (Å²) in [6, 6.07) is 6.07. The quantitative estimate of drug-likeness (QED) is 0.610. The number of carbonyl (C=O) groups excluding carboxylic acids is 1. The number of alkyl halides is 3. The first-order chi connectivity index (χ1) is 8.63. The number of benzene rings is 1. The van der Waals surface area contributed by atoms with Crippen LogP contribution in [0.3, 0.4) is 0 Å². The van der Waals surface area contributed by atoms with Crippen LogP contribution in [-0.2, 0) is 4.79 Å². The van der Waals surface area contributed by atoms with Crippen molar-refractivity contribution >= 4 is 23.2 Å². The first kappa shape index (κ1) is 14.7. The lowest BCUT2D eigenvalue weighted by Crippen LogP contribution is -2.13. The maximum Gasteiger partial charge on any atom is 0.387 e. The first-order valence-corrected chi connectivity index (χ1v) is 6.06. The van der Waals surface area contributed by atoms with E-state index < -0.39 is 6.61 Å². The van der Waals surface area contributed by atoms with Crippen molar-refractivity contribution in [2.45, 2.75) is 25.9 Å². The van der Waals surface area contributed by atoms with Crippen molar-refractivity contribution in [1.29, 1.82) is 0 Å². The molecule has 1 aromatic rings. The highest BCUT2D eigenvalue weighted by atomic mass is 35.5. The molecule has 0 saturated heterocycles. The number of para-hydroxylation sites is 2. The number of rotatable bonds is 7. The van der Waals surface area contributed by atoms with E-state index in [1.54, 1.807) is 12.1 Å². The van der Waals surface area contributed by atoms with Gasteiger partial charge < -0.3 is 10.1 Å². The third-order valence-corrected chi connectivity index (χ3v) is 2.43. The van der Waals surface area contributed by atoms with Crippen molar-refractivity contribution in [3.63, 3.8) is 0 Å². The predicted octanol–water partition coefficient (Wildman–Crippen LogP) is 3.64. The van der Waals surface area contributed by atoms with Crippen molar-refractivity contribution in [2.75, 3.05) is 11.2 Å². The fourth-order valence-electron chi connectivity index (χ4n) is 1.36. The fourth-order valence-corrected chi connectivity index (χ4v) is 1.55. The van der Waals surface area contributed by atoms with Gasteiger partial charge in [-0.3, -0.25) is 4.79 Å². The minimum atomic E-state index is -2.92. The molecule has 100 valence electrons. The number of ether oxygens (including phenoxy) is 1. The summed E-state index contributed by atoms with van der Waals surface area (Å²) < 4.78 is 28.6. The summed E-state index contributed by atoms with van der Waals surface area (Å²) in [5, 5.41) is 2.53. The van der Waals surface area contributed by atoms with E-state index >= 15 is 0 Å². The molecule has 0 spiro atoms. The molecule has 0 heterocycles. The zero-order valence-electron chi connectivity index (χ0n) is 9.67. The Bertz CT molecular complexity index is 388. The van der Waals surface area contributed by atoms with Crippen molar-refractivity contribution in [3.8, 4) is 5.75 Å². The summed E-state index contributed by atoms with van der Waals surface area (Å²) in [5.41, 5.74) is 0.244. The van der Waals surface area contributed by atoms with Crippen LogP contribution in [0.1, 0.15) is 19.3 Å². The molecule has 0 bridgehead atoms. The number of carbonyl (C=O) groups is 1. The zero-order valence-corrected chi connectivity index (χ0v) is 10.4. The van der Waals surface area contributed by atoms with Gasteiger partial charge in [0.05, 0.1) is 5.69 Å². The second-order valence-corrected chi connectivity index (χ2v) is 3.95. The Hall–Kier alpha value is -1.36. The smallest absolute Gasteiger partial charge is 0.387 e. The van der Waals surface area contributed by atoms with Gasteiger partial charge in [-0.2, -0.15) is 8.78 Å². The van der Waals surface area contributed by atoms with Crippen LogP contribution in [0.15, 0.2) is 24.3 Å². The maximum absolute atomic E-state index is 12.1. The molecule has 0 saturated carbocycles. The number of hydrogen-bond donors (Lipinski definition) is 1. The molecular formula is C12H14ClF2NO2. The highest BCUT2D eigenvalue weighted by molar-refractivity contribution is 6.17. The molecule has 1 rings (SSSR count). The van der Waals surface area contributed by atoms with Gasteiger partial charge >= 0.3 is 6.61 Å². The molecule has 1 N–H and O–H groups in total. The Morgan fingerprint density at radius 2 is 2.06 bits per heavy atom. The molecular weight excluding hydrogens is 264 g/mol. The van der Waals surface area contributed by atoms with E-state index in [0.29, 0.717) is 18.7 Å². The van der Waals surface area contributed by atoms with Gasteiger partial charge in [0.1, 0.15) is 5.75 Å². The lowest BCUT2D eigenvalue weighted by Gasteiger charge is -2.11. The molecule has 1 amide bonds. The minimum absolute atomic E-state index is 0.0433. The molecule has 6 heteroatoms. The van der Waals surface area contributed by atoms with Gasteiger partial charge in [0.15, 0.2) is 0 Å². The third kappa shape index (κ3) is 5.31. The average Bonchev–Trinajstić information content (AvgIpc) is 2.31. The molecule has 0 aliphatic heterocycles. The maximum atomic E-state index is 12.1. The largest absolute Gasteiger partial charge is 0.433 e. The van der Waals surface area contributed by atoms with E-state index in [2.05, 4.69) is 10.1 Å². The first-order valence-electron chi connectivity index (χ1n) is 5.53.